The van der Waals surface area contributed by atoms with Crippen molar-refractivity contribution in [1.82, 2.24) is 9.97 Å². The van der Waals surface area contributed by atoms with Crippen LogP contribution in [0.5, 0.6) is 5.75 Å². The summed E-state index contributed by atoms with van der Waals surface area (Å²) in [5.41, 5.74) is 1.24. The average Bonchev–Trinajstić information content (AvgIpc) is 3.09. The molecule has 1 aliphatic heterocycles. The highest BCUT2D eigenvalue weighted by atomic mass is 16.6. The van der Waals surface area contributed by atoms with E-state index in [-0.39, 0.29) is 23.9 Å². The minimum absolute atomic E-state index is 0.0273. The first kappa shape index (κ1) is 16.7. The number of Topliss-reactive ketones (excluding diaryl/α,β-unsaturated/α-hetero) is 1. The van der Waals surface area contributed by atoms with Crippen LogP contribution >= 0.6 is 0 Å². The Bertz CT molecular complexity index is 1090. The predicted octanol–water partition coefficient (Wildman–Crippen LogP) is 2.47. The topological polar surface area (TPSA) is 118 Å². The lowest BCUT2D eigenvalue weighted by atomic mass is 10.1. The number of anilines is 1. The second-order valence-corrected chi connectivity index (χ2v) is 6.10. The molecule has 0 saturated carbocycles. The van der Waals surface area contributed by atoms with Gasteiger partial charge in [0.15, 0.2) is 17.6 Å². The van der Waals surface area contributed by atoms with Crippen molar-refractivity contribution >= 4 is 34.2 Å². The lowest BCUT2D eigenvalue weighted by Gasteiger charge is -2.28. The van der Waals surface area contributed by atoms with Gasteiger partial charge in [0.05, 0.1) is 6.54 Å². The van der Waals surface area contributed by atoms with E-state index in [9.17, 15) is 19.7 Å². The van der Waals surface area contributed by atoms with E-state index in [1.165, 1.54) is 12.1 Å². The van der Waals surface area contributed by atoms with Gasteiger partial charge >= 0.3 is 5.82 Å². The number of nitro groups is 1. The first-order valence-electron chi connectivity index (χ1n) is 8.18. The molecule has 9 heteroatoms. The molecule has 1 aromatic carbocycles. The molecule has 1 aliphatic rings. The highest BCUT2D eigenvalue weighted by Crippen LogP contribution is 2.34. The van der Waals surface area contributed by atoms with E-state index in [4.69, 9.17) is 4.74 Å². The summed E-state index contributed by atoms with van der Waals surface area (Å²) in [5, 5.41) is 11.8. The third-order valence-electron chi connectivity index (χ3n) is 4.38. The SMILES string of the molecule is CC1Oc2ccc([N+](=O)[O-])nc2N(CC(=O)c2c[nH]c3ccccc23)C1=O. The summed E-state index contributed by atoms with van der Waals surface area (Å²) in [6.07, 6.45) is 0.764. The van der Waals surface area contributed by atoms with Crippen molar-refractivity contribution < 1.29 is 19.2 Å². The van der Waals surface area contributed by atoms with Crippen molar-refractivity contribution in [2.45, 2.75) is 13.0 Å². The number of aromatic nitrogens is 2. The van der Waals surface area contributed by atoms with E-state index in [0.29, 0.717) is 5.56 Å². The van der Waals surface area contributed by atoms with Gasteiger partial charge in [-0.2, -0.15) is 0 Å². The van der Waals surface area contributed by atoms with Crippen LogP contribution in [0.1, 0.15) is 17.3 Å². The fourth-order valence-electron chi connectivity index (χ4n) is 3.06. The fraction of sp³-hybridized carbons (Fsp3) is 0.167. The standard InChI is InChI=1S/C18H14N4O5/c1-10-18(24)21(17-15(27-10)6-7-16(20-17)22(25)26)9-14(23)12-8-19-13-5-3-2-4-11(12)13/h2-8,10,19H,9H2,1H3. The van der Waals surface area contributed by atoms with Gasteiger partial charge in [0.25, 0.3) is 11.7 Å². The Morgan fingerprint density at radius 2 is 2.11 bits per heavy atom. The highest BCUT2D eigenvalue weighted by Gasteiger charge is 2.38. The normalized spacial score (nSPS) is 16.1. The van der Waals surface area contributed by atoms with Gasteiger partial charge < -0.3 is 19.8 Å². The maximum atomic E-state index is 12.9. The molecule has 27 heavy (non-hydrogen) atoms. The Hall–Kier alpha value is -3.75. The van der Waals surface area contributed by atoms with Crippen LogP contribution in [-0.2, 0) is 4.79 Å². The summed E-state index contributed by atoms with van der Waals surface area (Å²) in [4.78, 5) is 43.8. The van der Waals surface area contributed by atoms with Gasteiger partial charge in [0, 0.05) is 28.7 Å². The summed E-state index contributed by atoms with van der Waals surface area (Å²) in [6.45, 7) is 1.26. The number of hydrogen-bond donors (Lipinski definition) is 1. The van der Waals surface area contributed by atoms with Crippen molar-refractivity contribution in [3.8, 4) is 5.75 Å². The first-order chi connectivity index (χ1) is 13.0. The van der Waals surface area contributed by atoms with Crippen LogP contribution < -0.4 is 9.64 Å². The number of H-pyrrole nitrogens is 1. The number of nitrogens with one attached hydrogen (secondary N) is 1. The molecule has 3 heterocycles. The van der Waals surface area contributed by atoms with Crippen LogP contribution in [0.2, 0.25) is 0 Å². The molecular weight excluding hydrogens is 352 g/mol. The molecule has 0 aliphatic carbocycles. The number of pyridine rings is 1. The molecule has 0 spiro atoms. The van der Waals surface area contributed by atoms with Gasteiger partial charge in [-0.1, -0.05) is 18.2 Å². The predicted molar refractivity (Wildman–Crippen MR) is 96.0 cm³/mol. The number of ketones is 1. The maximum absolute atomic E-state index is 12.9. The molecule has 1 amide bonds. The van der Waals surface area contributed by atoms with Crippen molar-refractivity contribution in [3.05, 3.63) is 58.3 Å². The zero-order chi connectivity index (χ0) is 19.1. The van der Waals surface area contributed by atoms with Gasteiger partial charge in [0.1, 0.15) is 0 Å². The molecule has 0 fully saturated rings. The Morgan fingerprint density at radius 3 is 2.89 bits per heavy atom. The molecule has 9 nitrogen and oxygen atoms in total. The molecule has 0 saturated heterocycles. The van der Waals surface area contributed by atoms with Crippen molar-refractivity contribution in [3.63, 3.8) is 0 Å². The Kier molecular flexibility index (Phi) is 3.84. The number of carbonyl (C=O) groups is 2. The number of nitrogens with zero attached hydrogens (tertiary/aromatic N) is 3. The Labute approximate surface area is 152 Å². The minimum atomic E-state index is -0.823. The zero-order valence-corrected chi connectivity index (χ0v) is 14.2. The van der Waals surface area contributed by atoms with Crippen molar-refractivity contribution in [1.29, 1.82) is 0 Å². The van der Waals surface area contributed by atoms with Gasteiger partial charge in [-0.15, -0.1) is 0 Å². The number of rotatable bonds is 4. The maximum Gasteiger partial charge on any atom is 0.366 e. The van der Waals surface area contributed by atoms with Crippen LogP contribution in [0.25, 0.3) is 10.9 Å². The van der Waals surface area contributed by atoms with E-state index >= 15 is 0 Å². The van der Waals surface area contributed by atoms with Crippen LogP contribution in [0, 0.1) is 10.1 Å². The molecule has 1 unspecified atom stereocenters. The number of benzene rings is 1. The number of aromatic amines is 1. The molecule has 4 rings (SSSR count). The van der Waals surface area contributed by atoms with Gasteiger partial charge in [0.2, 0.25) is 0 Å². The van der Waals surface area contributed by atoms with E-state index in [2.05, 4.69) is 9.97 Å². The summed E-state index contributed by atoms with van der Waals surface area (Å²) >= 11 is 0. The van der Waals surface area contributed by atoms with Crippen molar-refractivity contribution in [2.75, 3.05) is 11.4 Å². The Morgan fingerprint density at radius 1 is 1.33 bits per heavy atom. The van der Waals surface area contributed by atoms with Crippen LogP contribution in [0.4, 0.5) is 11.6 Å². The lowest BCUT2D eigenvalue weighted by Crippen LogP contribution is -2.47. The summed E-state index contributed by atoms with van der Waals surface area (Å²) in [6, 6.07) is 9.89. The molecule has 3 aromatic rings. The molecule has 2 aromatic heterocycles. The van der Waals surface area contributed by atoms with Crippen LogP contribution in [-0.4, -0.2) is 39.2 Å². The van der Waals surface area contributed by atoms with Crippen LogP contribution in [0.3, 0.4) is 0 Å². The van der Waals surface area contributed by atoms with Gasteiger partial charge in [-0.25, -0.2) is 0 Å². The molecule has 136 valence electrons. The second kappa shape index (κ2) is 6.20. The van der Waals surface area contributed by atoms with Gasteiger partial charge in [-0.05, 0) is 29.0 Å². The van der Waals surface area contributed by atoms with Crippen molar-refractivity contribution in [2.24, 2.45) is 0 Å². The summed E-state index contributed by atoms with van der Waals surface area (Å²) < 4.78 is 5.46. The zero-order valence-electron chi connectivity index (χ0n) is 14.2. The van der Waals surface area contributed by atoms with E-state index in [1.54, 1.807) is 19.2 Å². The number of fused-ring (bicyclic) bond motifs is 2. The largest absolute Gasteiger partial charge is 0.475 e. The third-order valence-corrected chi connectivity index (χ3v) is 4.38. The Balaban J connectivity index is 1.72. The molecule has 0 radical (unpaired) electrons. The fourth-order valence-corrected chi connectivity index (χ4v) is 3.06. The third kappa shape index (κ3) is 2.78. The minimum Gasteiger partial charge on any atom is -0.475 e. The lowest BCUT2D eigenvalue weighted by molar-refractivity contribution is -0.389. The van der Waals surface area contributed by atoms with Gasteiger partial charge in [-0.3, -0.25) is 14.5 Å². The molecule has 1 N–H and O–H groups in total. The molecular formula is C18H14N4O5. The van der Waals surface area contributed by atoms with E-state index in [0.717, 1.165) is 15.8 Å². The average molecular weight is 366 g/mol. The summed E-state index contributed by atoms with van der Waals surface area (Å²) in [5.74, 6) is -1.03. The monoisotopic (exact) mass is 366 g/mol. The van der Waals surface area contributed by atoms with E-state index in [1.807, 2.05) is 18.2 Å². The molecule has 0 bridgehead atoms. The summed E-state index contributed by atoms with van der Waals surface area (Å²) in [7, 11) is 0. The number of ether oxygens (including phenoxy) is 1. The molecule has 1 atom stereocenters. The first-order valence-corrected chi connectivity index (χ1v) is 8.18. The number of hydrogen-bond acceptors (Lipinski definition) is 6. The smallest absolute Gasteiger partial charge is 0.366 e. The van der Waals surface area contributed by atoms with E-state index < -0.39 is 22.8 Å². The number of amides is 1. The number of para-hydroxylation sites is 1. The highest BCUT2D eigenvalue weighted by molar-refractivity contribution is 6.13. The second-order valence-electron chi connectivity index (χ2n) is 6.10. The van der Waals surface area contributed by atoms with Crippen LogP contribution in [0.15, 0.2) is 42.6 Å². The number of carbonyl (C=O) groups excluding carboxylic acids is 2. The quantitative estimate of drug-likeness (QED) is 0.430.